The number of ether oxygens (including phenoxy) is 2. The fourth-order valence-electron chi connectivity index (χ4n) is 6.63. The predicted molar refractivity (Wildman–Crippen MR) is 186 cm³/mol. The van der Waals surface area contributed by atoms with Crippen molar-refractivity contribution in [3.63, 3.8) is 0 Å². The Bertz CT molecular complexity index is 1790. The number of alkyl halides is 3. The summed E-state index contributed by atoms with van der Waals surface area (Å²) in [5.41, 5.74) is 1.98. The number of benzene rings is 2. The van der Waals surface area contributed by atoms with Crippen molar-refractivity contribution in [2.45, 2.75) is 70.6 Å². The van der Waals surface area contributed by atoms with Gasteiger partial charge in [-0.1, -0.05) is 12.1 Å². The molecule has 1 saturated carbocycles. The lowest BCUT2D eigenvalue weighted by molar-refractivity contribution is -0.138. The van der Waals surface area contributed by atoms with Crippen LogP contribution in [0.4, 0.5) is 30.5 Å². The van der Waals surface area contributed by atoms with Gasteiger partial charge in [-0.2, -0.15) is 13.2 Å². The van der Waals surface area contributed by atoms with E-state index >= 15 is 0 Å². The third-order valence-corrected chi connectivity index (χ3v) is 10.7. The molecule has 1 amide bonds. The Morgan fingerprint density at radius 1 is 1.08 bits per heavy atom. The molecule has 0 unspecified atom stereocenters. The minimum Gasteiger partial charge on any atom is -0.495 e. The molecule has 3 aromatic rings. The number of hydrogen-bond donors (Lipinski definition) is 2. The van der Waals surface area contributed by atoms with E-state index in [4.69, 9.17) is 9.47 Å². The minimum absolute atomic E-state index is 0.0599. The number of aromatic nitrogens is 2. The van der Waals surface area contributed by atoms with Crippen molar-refractivity contribution in [1.82, 2.24) is 20.2 Å². The van der Waals surface area contributed by atoms with Crippen LogP contribution in [0.1, 0.15) is 64.0 Å². The highest BCUT2D eigenvalue weighted by molar-refractivity contribution is 7.92. The van der Waals surface area contributed by atoms with Gasteiger partial charge in [-0.3, -0.25) is 14.0 Å². The average molecular weight is 719 g/mol. The highest BCUT2D eigenvalue weighted by Gasteiger charge is 2.35. The maximum atomic E-state index is 14.1. The van der Waals surface area contributed by atoms with E-state index in [2.05, 4.69) is 25.5 Å². The first-order valence-electron chi connectivity index (χ1n) is 16.7. The first-order valence-corrected chi connectivity index (χ1v) is 18.5. The van der Waals surface area contributed by atoms with Crippen molar-refractivity contribution >= 4 is 33.3 Å². The Morgan fingerprint density at radius 2 is 1.78 bits per heavy atom. The van der Waals surface area contributed by atoms with E-state index < -0.39 is 21.8 Å². The smallest absolute Gasteiger partial charge is 0.419 e. The molecule has 15 heteroatoms. The number of aryl methyl sites for hydroxylation is 4. The molecule has 1 aliphatic carbocycles. The highest BCUT2D eigenvalue weighted by Crippen LogP contribution is 2.35. The molecule has 2 heterocycles. The summed E-state index contributed by atoms with van der Waals surface area (Å²) in [4.78, 5) is 24.1. The zero-order valence-corrected chi connectivity index (χ0v) is 29.9. The molecule has 0 spiro atoms. The van der Waals surface area contributed by atoms with Crippen molar-refractivity contribution in [3.05, 3.63) is 70.0 Å². The van der Waals surface area contributed by atoms with E-state index in [1.54, 1.807) is 44.2 Å². The molecule has 5 rings (SSSR count). The predicted octanol–water partition coefficient (Wildman–Crippen LogP) is 5.42. The molecule has 2 N–H and O–H groups in total. The fourth-order valence-corrected chi connectivity index (χ4v) is 7.15. The van der Waals surface area contributed by atoms with Crippen LogP contribution in [0, 0.1) is 13.8 Å². The number of nitrogens with one attached hydrogen (secondary N) is 2. The molecule has 0 bridgehead atoms. The number of sulfonamides is 1. The Hall–Kier alpha value is -3.95. The van der Waals surface area contributed by atoms with E-state index in [1.807, 2.05) is 0 Å². The summed E-state index contributed by atoms with van der Waals surface area (Å²) in [6.07, 6.45) is 0.838. The van der Waals surface area contributed by atoms with E-state index in [9.17, 15) is 26.4 Å². The van der Waals surface area contributed by atoms with Crippen LogP contribution in [0.2, 0.25) is 0 Å². The quantitative estimate of drug-likeness (QED) is 0.268. The van der Waals surface area contributed by atoms with Gasteiger partial charge in [0, 0.05) is 44.0 Å². The molecule has 50 heavy (non-hydrogen) atoms. The van der Waals surface area contributed by atoms with E-state index in [-0.39, 0.29) is 36.4 Å². The summed E-state index contributed by atoms with van der Waals surface area (Å²) in [5, 5.41) is 6.15. The second-order valence-corrected chi connectivity index (χ2v) is 15.0. The Balaban J connectivity index is 1.31. The van der Waals surface area contributed by atoms with Crippen LogP contribution in [-0.2, 0) is 33.8 Å². The van der Waals surface area contributed by atoms with Gasteiger partial charge >= 0.3 is 6.18 Å². The lowest BCUT2D eigenvalue weighted by Crippen LogP contribution is -2.47. The van der Waals surface area contributed by atoms with Gasteiger partial charge in [-0.05, 0) is 87.3 Å². The molecular weight excluding hydrogens is 673 g/mol. The van der Waals surface area contributed by atoms with Gasteiger partial charge in [0.05, 0.1) is 49.2 Å². The number of amides is 1. The summed E-state index contributed by atoms with van der Waals surface area (Å²) in [6.45, 7) is 6.99. The largest absolute Gasteiger partial charge is 0.495 e. The first kappa shape index (κ1) is 37.3. The van der Waals surface area contributed by atoms with Gasteiger partial charge in [0.15, 0.2) is 0 Å². The topological polar surface area (TPSA) is 126 Å². The second-order valence-electron chi connectivity index (χ2n) is 13.0. The molecular formula is C35H45F3N6O5S. The van der Waals surface area contributed by atoms with Crippen molar-refractivity contribution in [2.24, 2.45) is 0 Å². The number of carbonyl (C=O) groups is 1. The van der Waals surface area contributed by atoms with Crippen LogP contribution in [0.5, 0.6) is 5.75 Å². The monoisotopic (exact) mass is 718 g/mol. The molecule has 272 valence electrons. The zero-order chi connectivity index (χ0) is 36.2. The maximum absolute atomic E-state index is 14.1. The van der Waals surface area contributed by atoms with Gasteiger partial charge in [0.2, 0.25) is 16.0 Å². The molecule has 0 atom stereocenters. The standard InChI is InChI=1S/C35H45F3N6O5S/c1-22-6-7-24(31(18-22)43(3)50(5,46)47)8-13-29-28(35(36,37)38)21-39-34(41-29)42-30-19-23(2)27(20-32(30)48-4)33(45)40-25-9-11-26(12-10-25)44-14-16-49-17-15-44/h6-7,18-21,25-26H,8-17H2,1-5H3,(H,40,45)(H,39,41,42). The lowest BCUT2D eigenvalue weighted by atomic mass is 9.89. The van der Waals surface area contributed by atoms with Gasteiger partial charge in [0.1, 0.15) is 5.75 Å². The molecule has 0 radical (unpaired) electrons. The van der Waals surface area contributed by atoms with E-state index in [0.717, 1.165) is 74.3 Å². The van der Waals surface area contributed by atoms with Crippen molar-refractivity contribution < 1.29 is 35.9 Å². The SMILES string of the molecule is COc1cc(C(=O)NC2CCC(N3CCOCC3)CC2)c(C)cc1Nc1ncc(C(F)(F)F)c(CCc2ccc(C)cc2N(C)S(C)(=O)=O)n1. The normalized spacial score (nSPS) is 18.8. The number of rotatable bonds is 11. The summed E-state index contributed by atoms with van der Waals surface area (Å²) in [6, 6.07) is 9.03. The van der Waals surface area contributed by atoms with E-state index in [0.29, 0.717) is 39.9 Å². The number of nitrogens with zero attached hydrogens (tertiary/aromatic N) is 4. The summed E-state index contributed by atoms with van der Waals surface area (Å²) in [5.74, 6) is -0.000484. The Kier molecular flexibility index (Phi) is 11.6. The number of carbonyl (C=O) groups excluding carboxylic acids is 1. The van der Waals surface area contributed by atoms with Crippen molar-refractivity contribution in [2.75, 3.05) is 56.3 Å². The number of morpholine rings is 1. The Labute approximate surface area is 291 Å². The third-order valence-electron chi connectivity index (χ3n) is 9.51. The minimum atomic E-state index is -4.71. The van der Waals surface area contributed by atoms with Crippen LogP contribution in [0.25, 0.3) is 0 Å². The average Bonchev–Trinajstić information content (AvgIpc) is 3.07. The third kappa shape index (κ3) is 9.04. The second kappa shape index (κ2) is 15.5. The van der Waals surface area contributed by atoms with Gasteiger partial charge in [0.25, 0.3) is 5.91 Å². The molecule has 1 aliphatic heterocycles. The van der Waals surface area contributed by atoms with Crippen LogP contribution in [0.3, 0.4) is 0 Å². The summed E-state index contributed by atoms with van der Waals surface area (Å²) >= 11 is 0. The number of halogens is 3. The number of anilines is 3. The van der Waals surface area contributed by atoms with Crippen LogP contribution >= 0.6 is 0 Å². The molecule has 2 aliphatic rings. The lowest BCUT2D eigenvalue weighted by Gasteiger charge is -2.38. The van der Waals surface area contributed by atoms with Crippen LogP contribution in [0.15, 0.2) is 36.5 Å². The van der Waals surface area contributed by atoms with Gasteiger partial charge in [-0.25, -0.2) is 18.4 Å². The first-order chi connectivity index (χ1) is 23.6. The highest BCUT2D eigenvalue weighted by atomic mass is 32.2. The summed E-state index contributed by atoms with van der Waals surface area (Å²) in [7, 11) is -0.761. The zero-order valence-electron chi connectivity index (χ0n) is 29.1. The van der Waals surface area contributed by atoms with Gasteiger partial charge < -0.3 is 20.1 Å². The molecule has 1 saturated heterocycles. The Morgan fingerprint density at radius 3 is 2.42 bits per heavy atom. The van der Waals surface area contributed by atoms with Crippen molar-refractivity contribution in [3.8, 4) is 5.75 Å². The molecule has 2 fully saturated rings. The van der Waals surface area contributed by atoms with E-state index in [1.165, 1.54) is 14.2 Å². The number of hydrogen-bond acceptors (Lipinski definition) is 9. The van der Waals surface area contributed by atoms with Crippen LogP contribution < -0.4 is 19.7 Å². The maximum Gasteiger partial charge on any atom is 0.419 e. The fraction of sp³-hybridized carbons (Fsp3) is 0.514. The number of methoxy groups -OCH3 is 1. The molecule has 1 aromatic heterocycles. The molecule has 11 nitrogen and oxygen atoms in total. The summed E-state index contributed by atoms with van der Waals surface area (Å²) < 4.78 is 78.9. The van der Waals surface area contributed by atoms with Gasteiger partial charge in [-0.15, -0.1) is 0 Å². The van der Waals surface area contributed by atoms with Crippen molar-refractivity contribution in [1.29, 1.82) is 0 Å². The molecule has 2 aromatic carbocycles. The van der Waals surface area contributed by atoms with Crippen LogP contribution in [-0.4, -0.2) is 88.0 Å².